The Balaban J connectivity index is 2.29. The van der Waals surface area contributed by atoms with Crippen molar-refractivity contribution in [1.29, 1.82) is 0 Å². The molecule has 0 aromatic heterocycles. The van der Waals surface area contributed by atoms with Crippen LogP contribution in [0.4, 0.5) is 0 Å². The van der Waals surface area contributed by atoms with Crippen LogP contribution in [0.15, 0.2) is 23.4 Å². The van der Waals surface area contributed by atoms with Gasteiger partial charge >= 0.3 is 0 Å². The molecule has 0 spiro atoms. The number of allylic oxidation sites excluding steroid dienone is 1. The molecule has 1 aliphatic rings. The summed E-state index contributed by atoms with van der Waals surface area (Å²) in [5.74, 6) is 0.716. The van der Waals surface area contributed by atoms with Gasteiger partial charge in [0.05, 0.1) is 0 Å². The van der Waals surface area contributed by atoms with Crippen molar-refractivity contribution in [2.45, 2.75) is 32.1 Å². The Kier molecular flexibility index (Phi) is 5.21. The maximum atomic E-state index is 5.35. The third-order valence-corrected chi connectivity index (χ3v) is 2.85. The lowest BCUT2D eigenvalue weighted by molar-refractivity contribution is 0.274. The van der Waals surface area contributed by atoms with Gasteiger partial charge in [0.15, 0.2) is 4.67 Å². The van der Waals surface area contributed by atoms with E-state index in [0.29, 0.717) is 12.5 Å². The molecule has 1 fully saturated rings. The van der Waals surface area contributed by atoms with Crippen LogP contribution in [0, 0.1) is 5.92 Å². The summed E-state index contributed by atoms with van der Waals surface area (Å²) in [5.41, 5.74) is 0. The normalized spacial score (nSPS) is 19.9. The van der Waals surface area contributed by atoms with Gasteiger partial charge in [-0.25, -0.2) is 0 Å². The summed E-state index contributed by atoms with van der Waals surface area (Å²) < 4.78 is 6.23. The molecular weight excluding hydrogens is 228 g/mol. The zero-order valence-electron chi connectivity index (χ0n) is 7.97. The maximum Gasteiger partial charge on any atom is 0.158 e. The summed E-state index contributed by atoms with van der Waals surface area (Å²) in [5, 5.41) is 0. The quantitative estimate of drug-likeness (QED) is 0.537. The van der Waals surface area contributed by atoms with Crippen LogP contribution < -0.4 is 0 Å². The van der Waals surface area contributed by atoms with E-state index < -0.39 is 0 Å². The molecule has 1 saturated carbocycles. The van der Waals surface area contributed by atoms with Crippen molar-refractivity contribution in [3.05, 3.63) is 23.4 Å². The van der Waals surface area contributed by atoms with Gasteiger partial charge in [-0.15, -0.1) is 0 Å². The van der Waals surface area contributed by atoms with Crippen molar-refractivity contribution in [3.63, 3.8) is 0 Å². The molecular formula is C11H17BrO. The molecule has 1 rings (SSSR count). The minimum atomic E-state index is 0.587. The van der Waals surface area contributed by atoms with Crippen LogP contribution >= 0.6 is 15.9 Å². The number of rotatable bonds is 4. The summed E-state index contributed by atoms with van der Waals surface area (Å²) >= 11 is 3.41. The fourth-order valence-electron chi connectivity index (χ4n) is 1.67. The van der Waals surface area contributed by atoms with Gasteiger partial charge in [0.2, 0.25) is 0 Å². The zero-order valence-corrected chi connectivity index (χ0v) is 9.55. The lowest BCUT2D eigenvalue weighted by Gasteiger charge is -2.18. The monoisotopic (exact) mass is 244 g/mol. The molecule has 0 unspecified atom stereocenters. The molecule has 0 bridgehead atoms. The first-order chi connectivity index (χ1) is 6.33. The Labute approximate surface area is 89.0 Å². The smallest absolute Gasteiger partial charge is 0.158 e. The second-order valence-electron chi connectivity index (χ2n) is 3.47. The van der Waals surface area contributed by atoms with E-state index >= 15 is 0 Å². The first-order valence-electron chi connectivity index (χ1n) is 4.94. The van der Waals surface area contributed by atoms with Crippen molar-refractivity contribution in [2.24, 2.45) is 5.92 Å². The summed E-state index contributed by atoms with van der Waals surface area (Å²) in [7, 11) is 0. The molecule has 0 radical (unpaired) electrons. The first-order valence-corrected chi connectivity index (χ1v) is 5.73. The van der Waals surface area contributed by atoms with E-state index in [1.54, 1.807) is 6.08 Å². The fraction of sp³-hybridized carbons (Fsp3) is 0.636. The largest absolute Gasteiger partial charge is 0.483 e. The van der Waals surface area contributed by atoms with E-state index in [1.807, 2.05) is 0 Å². The highest BCUT2D eigenvalue weighted by atomic mass is 79.9. The standard InChI is InChI=1S/C11H17BrO/c1-2-8-13-11(12)9-10-6-4-3-5-7-10/h2,9-10H,1,3-8H2/b11-9-. The molecule has 13 heavy (non-hydrogen) atoms. The Bertz CT molecular complexity index is 181. The van der Waals surface area contributed by atoms with Crippen LogP contribution in [0.2, 0.25) is 0 Å². The lowest BCUT2D eigenvalue weighted by Crippen LogP contribution is -2.03. The van der Waals surface area contributed by atoms with Crippen LogP contribution in [0.3, 0.4) is 0 Å². The van der Waals surface area contributed by atoms with E-state index in [2.05, 4.69) is 28.6 Å². The zero-order chi connectivity index (χ0) is 9.52. The molecule has 0 amide bonds. The van der Waals surface area contributed by atoms with Crippen molar-refractivity contribution >= 4 is 15.9 Å². The Morgan fingerprint density at radius 2 is 2.08 bits per heavy atom. The van der Waals surface area contributed by atoms with Crippen LogP contribution in [0.5, 0.6) is 0 Å². The fourth-order valence-corrected chi connectivity index (χ4v) is 2.18. The van der Waals surface area contributed by atoms with Crippen molar-refractivity contribution in [3.8, 4) is 0 Å². The van der Waals surface area contributed by atoms with Gasteiger partial charge in [-0.1, -0.05) is 31.9 Å². The van der Waals surface area contributed by atoms with Crippen molar-refractivity contribution in [1.82, 2.24) is 0 Å². The predicted octanol–water partition coefficient (Wildman–Crippen LogP) is 4.01. The molecule has 0 N–H and O–H groups in total. The van der Waals surface area contributed by atoms with Gasteiger partial charge < -0.3 is 4.74 Å². The van der Waals surface area contributed by atoms with Crippen molar-refractivity contribution < 1.29 is 4.74 Å². The third-order valence-electron chi connectivity index (χ3n) is 2.36. The molecule has 0 aromatic rings. The molecule has 74 valence electrons. The highest BCUT2D eigenvalue weighted by molar-refractivity contribution is 9.11. The Morgan fingerprint density at radius 1 is 1.38 bits per heavy atom. The summed E-state index contributed by atoms with van der Waals surface area (Å²) in [6.07, 6.45) is 10.7. The number of hydrogen-bond acceptors (Lipinski definition) is 1. The van der Waals surface area contributed by atoms with E-state index in [1.165, 1.54) is 32.1 Å². The average Bonchev–Trinajstić information content (AvgIpc) is 2.16. The molecule has 0 aliphatic heterocycles. The summed E-state index contributed by atoms with van der Waals surface area (Å²) in [6.45, 7) is 4.19. The maximum absolute atomic E-state index is 5.35. The highest BCUT2D eigenvalue weighted by Gasteiger charge is 2.11. The molecule has 1 nitrogen and oxygen atoms in total. The van der Waals surface area contributed by atoms with E-state index in [0.717, 1.165) is 4.67 Å². The molecule has 1 aliphatic carbocycles. The molecule has 0 saturated heterocycles. The molecule has 0 heterocycles. The van der Waals surface area contributed by atoms with Gasteiger partial charge in [-0.05, 0) is 40.8 Å². The second kappa shape index (κ2) is 6.25. The van der Waals surface area contributed by atoms with Crippen LogP contribution in [0.1, 0.15) is 32.1 Å². The van der Waals surface area contributed by atoms with E-state index in [-0.39, 0.29) is 0 Å². The van der Waals surface area contributed by atoms with Gasteiger partial charge in [0.25, 0.3) is 0 Å². The van der Waals surface area contributed by atoms with Gasteiger partial charge in [-0.2, -0.15) is 0 Å². The third kappa shape index (κ3) is 4.51. The van der Waals surface area contributed by atoms with Crippen LogP contribution in [-0.2, 0) is 4.74 Å². The predicted molar refractivity (Wildman–Crippen MR) is 59.7 cm³/mol. The summed E-state index contributed by atoms with van der Waals surface area (Å²) in [4.78, 5) is 0. The van der Waals surface area contributed by atoms with Gasteiger partial charge in [-0.3, -0.25) is 0 Å². The topological polar surface area (TPSA) is 9.23 Å². The minimum absolute atomic E-state index is 0.587. The van der Waals surface area contributed by atoms with Gasteiger partial charge in [0.1, 0.15) is 6.61 Å². The van der Waals surface area contributed by atoms with Crippen LogP contribution in [0.25, 0.3) is 0 Å². The van der Waals surface area contributed by atoms with Crippen LogP contribution in [-0.4, -0.2) is 6.61 Å². The molecule has 2 heteroatoms. The Hall–Kier alpha value is -0.240. The number of hydrogen-bond donors (Lipinski definition) is 0. The number of halogens is 1. The van der Waals surface area contributed by atoms with Gasteiger partial charge in [0, 0.05) is 0 Å². The first kappa shape index (κ1) is 10.8. The number of ether oxygens (including phenoxy) is 1. The lowest BCUT2D eigenvalue weighted by atomic mass is 9.89. The second-order valence-corrected chi connectivity index (χ2v) is 4.25. The summed E-state index contributed by atoms with van der Waals surface area (Å²) in [6, 6.07) is 0. The minimum Gasteiger partial charge on any atom is -0.483 e. The van der Waals surface area contributed by atoms with E-state index in [9.17, 15) is 0 Å². The molecule has 0 aromatic carbocycles. The van der Waals surface area contributed by atoms with Crippen molar-refractivity contribution in [2.75, 3.05) is 6.61 Å². The molecule has 0 atom stereocenters. The Morgan fingerprint density at radius 3 is 2.69 bits per heavy atom. The highest BCUT2D eigenvalue weighted by Crippen LogP contribution is 2.26. The average molecular weight is 245 g/mol. The van der Waals surface area contributed by atoms with E-state index in [4.69, 9.17) is 4.74 Å². The SMILES string of the molecule is C=CCO/C(Br)=C\C1CCCCC1.